The van der Waals surface area contributed by atoms with E-state index in [0.717, 1.165) is 62.6 Å². The molecule has 4 aliphatic rings. The van der Waals surface area contributed by atoms with E-state index in [9.17, 15) is 0 Å². The Balaban J connectivity index is 1.10. The Kier molecular flexibility index (Phi) is 5.80. The van der Waals surface area contributed by atoms with Crippen molar-refractivity contribution in [2.45, 2.75) is 70.7 Å². The molecule has 6 rings (SSSR count). The first-order valence-corrected chi connectivity index (χ1v) is 12.8. The number of aromatic nitrogens is 3. The first kappa shape index (κ1) is 22.3. The third-order valence-corrected chi connectivity index (χ3v) is 8.47. The normalized spacial score (nSPS) is 30.9. The van der Waals surface area contributed by atoms with Crippen LogP contribution in [0.2, 0.25) is 0 Å². The highest BCUT2D eigenvalue weighted by atomic mass is 16.5. The van der Waals surface area contributed by atoms with Crippen LogP contribution in [0.3, 0.4) is 0 Å². The van der Waals surface area contributed by atoms with Crippen molar-refractivity contribution in [1.82, 2.24) is 26.0 Å². The number of hydrazine groups is 1. The molecular formula is C26H36N6O2. The van der Waals surface area contributed by atoms with Crippen LogP contribution in [0.5, 0.6) is 0 Å². The van der Waals surface area contributed by atoms with E-state index in [-0.39, 0.29) is 18.2 Å². The molecule has 1 spiro atoms. The van der Waals surface area contributed by atoms with Gasteiger partial charge in [-0.2, -0.15) is 10.2 Å². The van der Waals surface area contributed by atoms with Gasteiger partial charge in [0.05, 0.1) is 36.7 Å². The lowest BCUT2D eigenvalue weighted by atomic mass is 9.78. The first-order valence-electron chi connectivity index (χ1n) is 12.8. The molecule has 3 saturated heterocycles. The van der Waals surface area contributed by atoms with Crippen molar-refractivity contribution in [3.05, 3.63) is 46.9 Å². The van der Waals surface area contributed by atoms with Gasteiger partial charge in [0.25, 0.3) is 0 Å². The highest BCUT2D eigenvalue weighted by Gasteiger charge is 2.46. The average Bonchev–Trinajstić information content (AvgIpc) is 3.46. The molecule has 5 atom stereocenters. The second-order valence-corrected chi connectivity index (χ2v) is 10.9. The van der Waals surface area contributed by atoms with Crippen LogP contribution in [0.1, 0.15) is 67.1 Å². The summed E-state index contributed by atoms with van der Waals surface area (Å²) in [6, 6.07) is 5.17. The number of hydrogen-bond acceptors (Lipinski definition) is 8. The van der Waals surface area contributed by atoms with Crippen LogP contribution < -0.4 is 15.8 Å². The van der Waals surface area contributed by atoms with Crippen molar-refractivity contribution in [2.75, 3.05) is 31.2 Å². The third kappa shape index (κ3) is 4.00. The number of rotatable bonds is 5. The Bertz CT molecular complexity index is 996. The number of pyridine rings is 1. The van der Waals surface area contributed by atoms with Gasteiger partial charge in [-0.1, -0.05) is 6.07 Å². The Morgan fingerprint density at radius 3 is 2.79 bits per heavy atom. The lowest BCUT2D eigenvalue weighted by Crippen LogP contribution is -2.57. The van der Waals surface area contributed by atoms with Crippen LogP contribution in [0.4, 0.5) is 5.82 Å². The van der Waals surface area contributed by atoms with Gasteiger partial charge in [0, 0.05) is 42.9 Å². The van der Waals surface area contributed by atoms with E-state index < -0.39 is 0 Å². The molecule has 0 bridgehead atoms. The minimum atomic E-state index is 0.0175. The maximum absolute atomic E-state index is 6.59. The number of nitrogens with zero attached hydrogens (tertiary/aromatic N) is 4. The highest BCUT2D eigenvalue weighted by Crippen LogP contribution is 2.42. The average molecular weight is 465 g/mol. The fourth-order valence-electron chi connectivity index (χ4n) is 6.65. The van der Waals surface area contributed by atoms with E-state index in [1.54, 1.807) is 0 Å². The first-order chi connectivity index (χ1) is 16.5. The van der Waals surface area contributed by atoms with Gasteiger partial charge in [-0.25, -0.2) is 10.4 Å². The Hall–Kier alpha value is -2.13. The summed E-state index contributed by atoms with van der Waals surface area (Å²) < 4.78 is 12.2. The van der Waals surface area contributed by atoms with E-state index in [0.29, 0.717) is 17.4 Å². The fourth-order valence-corrected chi connectivity index (χ4v) is 6.65. The van der Waals surface area contributed by atoms with Crippen molar-refractivity contribution in [1.29, 1.82) is 0 Å². The summed E-state index contributed by atoms with van der Waals surface area (Å²) in [5.41, 5.74) is 12.0. The fraction of sp³-hybridized carbons (Fsp3) is 0.654. The van der Waals surface area contributed by atoms with E-state index in [1.165, 1.54) is 17.5 Å². The molecule has 3 aliphatic heterocycles. The highest BCUT2D eigenvalue weighted by molar-refractivity contribution is 5.44. The zero-order valence-corrected chi connectivity index (χ0v) is 20.5. The molecule has 182 valence electrons. The minimum Gasteiger partial charge on any atom is -0.381 e. The van der Waals surface area contributed by atoms with Crippen LogP contribution in [-0.4, -0.2) is 53.6 Å². The molecule has 8 nitrogen and oxygen atoms in total. The Morgan fingerprint density at radius 2 is 2.06 bits per heavy atom. The van der Waals surface area contributed by atoms with Gasteiger partial charge < -0.3 is 14.4 Å². The van der Waals surface area contributed by atoms with E-state index in [1.807, 2.05) is 13.1 Å². The topological polar surface area (TPSA) is 84.4 Å². The zero-order chi connectivity index (χ0) is 23.3. The van der Waals surface area contributed by atoms with Crippen molar-refractivity contribution < 1.29 is 9.47 Å². The van der Waals surface area contributed by atoms with Gasteiger partial charge >= 0.3 is 0 Å². The lowest BCUT2D eigenvalue weighted by molar-refractivity contribution is -0.0377. The SMILES string of the molecule is Cc1cnnc(C)c1[C@@H](C)OC1CCC2NNC(c3ccc(N4CC5(CCOC5)C4)nc3)C2C1. The van der Waals surface area contributed by atoms with Gasteiger partial charge in [0.2, 0.25) is 0 Å². The number of ether oxygens (including phenoxy) is 2. The largest absolute Gasteiger partial charge is 0.381 e. The molecular weight excluding hydrogens is 428 g/mol. The molecule has 2 N–H and O–H groups in total. The molecule has 0 aromatic carbocycles. The summed E-state index contributed by atoms with van der Waals surface area (Å²) >= 11 is 0. The summed E-state index contributed by atoms with van der Waals surface area (Å²) in [7, 11) is 0. The number of aryl methyl sites for hydroxylation is 2. The predicted octanol–water partition coefficient (Wildman–Crippen LogP) is 3.18. The predicted molar refractivity (Wildman–Crippen MR) is 129 cm³/mol. The third-order valence-electron chi connectivity index (χ3n) is 8.47. The second-order valence-electron chi connectivity index (χ2n) is 10.9. The van der Waals surface area contributed by atoms with E-state index >= 15 is 0 Å². The van der Waals surface area contributed by atoms with Crippen molar-refractivity contribution in [3.8, 4) is 0 Å². The van der Waals surface area contributed by atoms with Gasteiger partial charge in [0.1, 0.15) is 5.82 Å². The van der Waals surface area contributed by atoms with Crippen LogP contribution in [0.25, 0.3) is 0 Å². The molecule has 5 heterocycles. The maximum Gasteiger partial charge on any atom is 0.128 e. The van der Waals surface area contributed by atoms with Crippen LogP contribution in [-0.2, 0) is 9.47 Å². The smallest absolute Gasteiger partial charge is 0.128 e. The molecule has 4 unspecified atom stereocenters. The summed E-state index contributed by atoms with van der Waals surface area (Å²) in [5.74, 6) is 1.57. The summed E-state index contributed by atoms with van der Waals surface area (Å²) in [4.78, 5) is 7.22. The maximum atomic E-state index is 6.59. The summed E-state index contributed by atoms with van der Waals surface area (Å²) in [6.07, 6.45) is 8.55. The number of fused-ring (bicyclic) bond motifs is 1. The monoisotopic (exact) mass is 464 g/mol. The molecule has 2 aromatic rings. The number of anilines is 1. The molecule has 2 aromatic heterocycles. The summed E-state index contributed by atoms with van der Waals surface area (Å²) in [5, 5.41) is 8.31. The van der Waals surface area contributed by atoms with Crippen molar-refractivity contribution in [2.24, 2.45) is 11.3 Å². The molecule has 0 amide bonds. The number of nitrogens with one attached hydrogen (secondary N) is 2. The standard InChI is InChI=1S/C26H36N6O2/c1-16-11-28-29-17(2)24(16)18(3)34-20-5-6-22-21(10-20)25(31-30-22)19-4-7-23(27-12-19)32-13-26(14-32)8-9-33-15-26/h4,7,11-12,18,20-22,25,30-31H,5-6,8-10,13-15H2,1-3H3/t18-,20?,21?,22?,25?/m1/s1. The molecule has 1 saturated carbocycles. The number of hydrogen-bond donors (Lipinski definition) is 2. The van der Waals surface area contributed by atoms with Gasteiger partial charge in [0.15, 0.2) is 0 Å². The van der Waals surface area contributed by atoms with E-state index in [2.05, 4.69) is 58.1 Å². The molecule has 34 heavy (non-hydrogen) atoms. The summed E-state index contributed by atoms with van der Waals surface area (Å²) in [6.45, 7) is 10.2. The van der Waals surface area contributed by atoms with Crippen LogP contribution in [0, 0.1) is 25.2 Å². The van der Waals surface area contributed by atoms with Gasteiger partial charge in [-0.3, -0.25) is 5.43 Å². The van der Waals surface area contributed by atoms with Crippen LogP contribution in [0.15, 0.2) is 24.5 Å². The second kappa shape index (κ2) is 8.82. The minimum absolute atomic E-state index is 0.0175. The van der Waals surface area contributed by atoms with Gasteiger partial charge in [-0.15, -0.1) is 0 Å². The van der Waals surface area contributed by atoms with Crippen LogP contribution >= 0.6 is 0 Å². The quantitative estimate of drug-likeness (QED) is 0.698. The van der Waals surface area contributed by atoms with Crippen molar-refractivity contribution >= 4 is 5.82 Å². The molecule has 4 fully saturated rings. The molecule has 8 heteroatoms. The zero-order valence-electron chi connectivity index (χ0n) is 20.5. The lowest BCUT2D eigenvalue weighted by Gasteiger charge is -2.47. The molecule has 0 radical (unpaired) electrons. The molecule has 1 aliphatic carbocycles. The van der Waals surface area contributed by atoms with E-state index in [4.69, 9.17) is 14.5 Å². The Labute approximate surface area is 201 Å². The van der Waals surface area contributed by atoms with Gasteiger partial charge in [-0.05, 0) is 69.6 Å². The Morgan fingerprint density at radius 1 is 1.18 bits per heavy atom. The van der Waals surface area contributed by atoms with Crippen molar-refractivity contribution in [3.63, 3.8) is 0 Å².